The summed E-state index contributed by atoms with van der Waals surface area (Å²) in [6.45, 7) is 6.94. The van der Waals surface area contributed by atoms with Gasteiger partial charge in [0.2, 0.25) is 0 Å². The second-order valence-corrected chi connectivity index (χ2v) is 6.79. The maximum absolute atomic E-state index is 3.53. The molecule has 1 heterocycles. The molecule has 1 fully saturated rings. The lowest BCUT2D eigenvalue weighted by Crippen LogP contribution is -2.32. The van der Waals surface area contributed by atoms with Gasteiger partial charge in [0.05, 0.1) is 0 Å². The van der Waals surface area contributed by atoms with Crippen LogP contribution < -0.4 is 5.32 Å². The van der Waals surface area contributed by atoms with E-state index in [1.807, 2.05) is 0 Å². The Balaban J connectivity index is 1.78. The number of hydrogen-bond donors (Lipinski definition) is 1. The highest BCUT2D eigenvalue weighted by atomic mass is 15.2. The summed E-state index contributed by atoms with van der Waals surface area (Å²) in [7, 11) is 0. The molecule has 0 spiro atoms. The molecule has 3 rings (SSSR count). The molecule has 1 N–H and O–H groups in total. The van der Waals surface area contributed by atoms with E-state index >= 15 is 0 Å². The van der Waals surface area contributed by atoms with E-state index in [0.29, 0.717) is 6.04 Å². The van der Waals surface area contributed by atoms with Crippen LogP contribution >= 0.6 is 0 Å². The summed E-state index contributed by atoms with van der Waals surface area (Å²) in [4.78, 5) is 2.69. The minimum Gasteiger partial charge on any atom is -0.315 e. The summed E-state index contributed by atoms with van der Waals surface area (Å²) in [5.41, 5.74) is 4.09. The molecule has 24 heavy (non-hydrogen) atoms. The summed E-state index contributed by atoms with van der Waals surface area (Å²) in [6, 6.07) is 20.5. The topological polar surface area (TPSA) is 15.3 Å². The Labute approximate surface area is 146 Å². The highest BCUT2D eigenvalue weighted by Crippen LogP contribution is 2.29. The molecule has 1 unspecified atom stereocenters. The lowest BCUT2D eigenvalue weighted by Gasteiger charge is -2.31. The summed E-state index contributed by atoms with van der Waals surface area (Å²) in [5.74, 6) is 0. The zero-order valence-corrected chi connectivity index (χ0v) is 14.9. The predicted octanol–water partition coefficient (Wildman–Crippen LogP) is 4.88. The minimum absolute atomic E-state index is 0.565. The van der Waals surface area contributed by atoms with Crippen LogP contribution in [0.5, 0.6) is 0 Å². The number of nitrogens with zero attached hydrogens (tertiary/aromatic N) is 1. The van der Waals surface area contributed by atoms with Crippen LogP contribution in [0.4, 0.5) is 0 Å². The molecule has 2 aromatic rings. The SMILES string of the molecule is CCCCC(c1ccc(-c2ccccc2)cc1)N1CCCNCC1. The van der Waals surface area contributed by atoms with E-state index in [1.54, 1.807) is 0 Å². The lowest BCUT2D eigenvalue weighted by atomic mass is 9.96. The molecule has 0 aliphatic carbocycles. The Kier molecular flexibility index (Phi) is 6.45. The molecule has 1 saturated heterocycles. The van der Waals surface area contributed by atoms with Crippen molar-refractivity contribution in [3.63, 3.8) is 0 Å². The summed E-state index contributed by atoms with van der Waals surface area (Å²) < 4.78 is 0. The van der Waals surface area contributed by atoms with Crippen molar-refractivity contribution in [2.75, 3.05) is 26.2 Å². The van der Waals surface area contributed by atoms with Gasteiger partial charge in [-0.1, -0.05) is 74.4 Å². The van der Waals surface area contributed by atoms with Crippen LogP contribution in [0.1, 0.15) is 44.2 Å². The molecule has 2 aromatic carbocycles. The smallest absolute Gasteiger partial charge is 0.0348 e. The van der Waals surface area contributed by atoms with E-state index < -0.39 is 0 Å². The monoisotopic (exact) mass is 322 g/mol. The van der Waals surface area contributed by atoms with E-state index in [1.165, 1.54) is 48.9 Å². The molecule has 0 amide bonds. The van der Waals surface area contributed by atoms with Gasteiger partial charge in [0, 0.05) is 25.7 Å². The van der Waals surface area contributed by atoms with Crippen LogP contribution in [0.25, 0.3) is 11.1 Å². The number of unbranched alkanes of at least 4 members (excludes halogenated alkanes) is 1. The zero-order valence-electron chi connectivity index (χ0n) is 14.9. The summed E-state index contributed by atoms with van der Waals surface area (Å²) in [5, 5.41) is 3.53. The fourth-order valence-corrected chi connectivity index (χ4v) is 3.66. The maximum Gasteiger partial charge on any atom is 0.0348 e. The Morgan fingerprint density at radius 2 is 1.67 bits per heavy atom. The molecule has 0 saturated carbocycles. The molecule has 1 aliphatic heterocycles. The normalized spacial score (nSPS) is 17.4. The standard InChI is InChI=1S/C22H30N2/c1-2-3-10-22(24-17-7-15-23-16-18-24)21-13-11-20(12-14-21)19-8-5-4-6-9-19/h4-6,8-9,11-14,22-23H,2-3,7,10,15-18H2,1H3. The Morgan fingerprint density at radius 1 is 0.917 bits per heavy atom. The first-order chi connectivity index (χ1) is 11.9. The van der Waals surface area contributed by atoms with Crippen molar-refractivity contribution in [1.82, 2.24) is 10.2 Å². The zero-order chi connectivity index (χ0) is 16.6. The molecule has 0 radical (unpaired) electrons. The quantitative estimate of drug-likeness (QED) is 0.815. The van der Waals surface area contributed by atoms with E-state index in [0.717, 1.165) is 19.6 Å². The van der Waals surface area contributed by atoms with Gasteiger partial charge in [0.25, 0.3) is 0 Å². The van der Waals surface area contributed by atoms with Gasteiger partial charge in [-0.15, -0.1) is 0 Å². The molecule has 128 valence electrons. The van der Waals surface area contributed by atoms with Gasteiger partial charge in [-0.3, -0.25) is 4.90 Å². The number of nitrogens with one attached hydrogen (secondary N) is 1. The van der Waals surface area contributed by atoms with Gasteiger partial charge in [-0.2, -0.15) is 0 Å². The molecule has 1 aliphatic rings. The van der Waals surface area contributed by atoms with E-state index in [-0.39, 0.29) is 0 Å². The molecular weight excluding hydrogens is 292 g/mol. The van der Waals surface area contributed by atoms with Gasteiger partial charge in [0.1, 0.15) is 0 Å². The third-order valence-corrected chi connectivity index (χ3v) is 5.05. The number of benzene rings is 2. The average molecular weight is 322 g/mol. The molecular formula is C22H30N2. The van der Waals surface area contributed by atoms with Crippen molar-refractivity contribution in [2.24, 2.45) is 0 Å². The first-order valence-electron chi connectivity index (χ1n) is 9.48. The van der Waals surface area contributed by atoms with Crippen molar-refractivity contribution in [2.45, 2.75) is 38.6 Å². The van der Waals surface area contributed by atoms with E-state index in [4.69, 9.17) is 0 Å². The molecule has 0 bridgehead atoms. The van der Waals surface area contributed by atoms with E-state index in [9.17, 15) is 0 Å². The maximum atomic E-state index is 3.53. The van der Waals surface area contributed by atoms with Crippen LogP contribution in [-0.4, -0.2) is 31.1 Å². The van der Waals surface area contributed by atoms with Crippen molar-refractivity contribution < 1.29 is 0 Å². The summed E-state index contributed by atoms with van der Waals surface area (Å²) >= 11 is 0. The lowest BCUT2D eigenvalue weighted by molar-refractivity contribution is 0.197. The fraction of sp³-hybridized carbons (Fsp3) is 0.455. The van der Waals surface area contributed by atoms with Crippen LogP contribution in [0.15, 0.2) is 54.6 Å². The Morgan fingerprint density at radius 3 is 2.42 bits per heavy atom. The van der Waals surface area contributed by atoms with Crippen LogP contribution in [0.2, 0.25) is 0 Å². The second-order valence-electron chi connectivity index (χ2n) is 6.79. The van der Waals surface area contributed by atoms with Gasteiger partial charge >= 0.3 is 0 Å². The molecule has 2 heteroatoms. The average Bonchev–Trinajstić information content (AvgIpc) is 2.93. The first kappa shape index (κ1) is 17.2. The molecule has 2 nitrogen and oxygen atoms in total. The predicted molar refractivity (Wildman–Crippen MR) is 103 cm³/mol. The minimum atomic E-state index is 0.565. The Bertz CT molecular complexity index is 583. The highest BCUT2D eigenvalue weighted by molar-refractivity contribution is 5.63. The Hall–Kier alpha value is -1.64. The second kappa shape index (κ2) is 9.00. The van der Waals surface area contributed by atoms with Gasteiger partial charge in [-0.25, -0.2) is 0 Å². The molecule has 1 atom stereocenters. The molecule has 0 aromatic heterocycles. The van der Waals surface area contributed by atoms with Crippen LogP contribution in [-0.2, 0) is 0 Å². The van der Waals surface area contributed by atoms with Gasteiger partial charge in [0.15, 0.2) is 0 Å². The highest BCUT2D eigenvalue weighted by Gasteiger charge is 2.20. The summed E-state index contributed by atoms with van der Waals surface area (Å²) in [6.07, 6.45) is 5.09. The largest absolute Gasteiger partial charge is 0.315 e. The van der Waals surface area contributed by atoms with Crippen LogP contribution in [0.3, 0.4) is 0 Å². The van der Waals surface area contributed by atoms with Crippen molar-refractivity contribution in [1.29, 1.82) is 0 Å². The fourth-order valence-electron chi connectivity index (χ4n) is 3.66. The van der Waals surface area contributed by atoms with Gasteiger partial charge in [-0.05, 0) is 36.1 Å². The van der Waals surface area contributed by atoms with E-state index in [2.05, 4.69) is 71.7 Å². The van der Waals surface area contributed by atoms with Crippen molar-refractivity contribution >= 4 is 0 Å². The number of rotatable bonds is 6. The van der Waals surface area contributed by atoms with Crippen molar-refractivity contribution in [3.05, 3.63) is 60.2 Å². The first-order valence-corrected chi connectivity index (χ1v) is 9.48. The third-order valence-electron chi connectivity index (χ3n) is 5.05. The number of hydrogen-bond acceptors (Lipinski definition) is 2. The van der Waals surface area contributed by atoms with Gasteiger partial charge < -0.3 is 5.32 Å². The third kappa shape index (κ3) is 4.46. The van der Waals surface area contributed by atoms with Crippen molar-refractivity contribution in [3.8, 4) is 11.1 Å². The van der Waals surface area contributed by atoms with Crippen LogP contribution in [0, 0.1) is 0 Å².